The van der Waals surface area contributed by atoms with Crippen molar-refractivity contribution in [3.8, 4) is 11.8 Å². The van der Waals surface area contributed by atoms with Crippen LogP contribution in [0.3, 0.4) is 0 Å². The molecule has 3 heteroatoms. The average molecular weight is 124 g/mol. The molecule has 0 fully saturated rings. The average Bonchev–Trinajstić information content (AvgIpc) is 2.40. The highest BCUT2D eigenvalue weighted by molar-refractivity contribution is 5.43. The van der Waals surface area contributed by atoms with Crippen LogP contribution in [0.1, 0.15) is 25.6 Å². The van der Waals surface area contributed by atoms with Crippen molar-refractivity contribution in [2.24, 2.45) is 0 Å². The molecule has 0 atom stereocenters. The fourth-order valence-corrected chi connectivity index (χ4v) is 0.751. The van der Waals surface area contributed by atoms with Crippen LogP contribution in [0.4, 0.5) is 0 Å². The fourth-order valence-electron chi connectivity index (χ4n) is 0.751. The Hall–Kier alpha value is -0.990. The molecule has 0 saturated heterocycles. The molecule has 2 rings (SSSR count). The molecule has 0 radical (unpaired) electrons. The van der Waals surface area contributed by atoms with Crippen LogP contribution in [-0.2, 0) is 0 Å². The fraction of sp³-hybridized carbons (Fsp3) is 0.500. The Morgan fingerprint density at radius 3 is 2.67 bits per heavy atom. The Kier molecular flexibility index (Phi) is 0.695. The standard InChI is InChI=1S/C6H8N2O/c1-3(2)4-7-5-6(8-4)9-5/h3H,1-2H3,(H,7,8). The first-order valence-electron chi connectivity index (χ1n) is 3.05. The molecule has 2 heterocycles. The Morgan fingerprint density at radius 2 is 2.33 bits per heavy atom. The maximum atomic E-state index is 4.87. The summed E-state index contributed by atoms with van der Waals surface area (Å²) in [5.41, 5.74) is 0. The molecule has 1 aromatic rings. The van der Waals surface area contributed by atoms with Crippen LogP contribution in [0.5, 0.6) is 11.8 Å². The second-order valence-electron chi connectivity index (χ2n) is 2.51. The van der Waals surface area contributed by atoms with Crippen molar-refractivity contribution < 1.29 is 4.74 Å². The number of rotatable bonds is 1. The molecule has 1 aliphatic rings. The summed E-state index contributed by atoms with van der Waals surface area (Å²) in [5, 5.41) is 0. The SMILES string of the molecule is CC(C)c1nc2c([nH]1)O2. The minimum atomic E-state index is 0.474. The van der Waals surface area contributed by atoms with E-state index in [-0.39, 0.29) is 0 Å². The first kappa shape index (κ1) is 4.85. The number of hydrogen-bond acceptors (Lipinski definition) is 2. The number of hydrogen-bond donors (Lipinski definition) is 1. The lowest BCUT2D eigenvalue weighted by molar-refractivity contribution is 0.585. The Labute approximate surface area is 53.1 Å². The van der Waals surface area contributed by atoms with Gasteiger partial charge in [-0.05, 0) is 0 Å². The molecule has 0 aliphatic carbocycles. The molecule has 1 aromatic heterocycles. The topological polar surface area (TPSA) is 41.2 Å². The van der Waals surface area contributed by atoms with Crippen molar-refractivity contribution in [2.45, 2.75) is 19.8 Å². The summed E-state index contributed by atoms with van der Waals surface area (Å²) < 4.78 is 4.87. The van der Waals surface area contributed by atoms with Crippen LogP contribution < -0.4 is 4.74 Å². The van der Waals surface area contributed by atoms with Crippen LogP contribution in [0, 0.1) is 0 Å². The molecule has 48 valence electrons. The lowest BCUT2D eigenvalue weighted by Gasteiger charge is -1.96. The zero-order valence-corrected chi connectivity index (χ0v) is 5.43. The maximum absolute atomic E-state index is 4.87. The van der Waals surface area contributed by atoms with Crippen molar-refractivity contribution in [3.63, 3.8) is 0 Å². The Balaban J connectivity index is 2.34. The quantitative estimate of drug-likeness (QED) is 0.587. The molecule has 0 unspecified atom stereocenters. The number of ether oxygens (including phenoxy) is 1. The summed E-state index contributed by atoms with van der Waals surface area (Å²) in [6.45, 7) is 4.19. The number of aromatic nitrogens is 2. The summed E-state index contributed by atoms with van der Waals surface area (Å²) in [7, 11) is 0. The van der Waals surface area contributed by atoms with Gasteiger partial charge in [-0.2, -0.15) is 4.98 Å². The molecule has 0 aromatic carbocycles. The summed E-state index contributed by atoms with van der Waals surface area (Å²) in [4.78, 5) is 7.16. The summed E-state index contributed by atoms with van der Waals surface area (Å²) in [6, 6.07) is 0. The minimum absolute atomic E-state index is 0.474. The summed E-state index contributed by atoms with van der Waals surface area (Å²) >= 11 is 0. The summed E-state index contributed by atoms with van der Waals surface area (Å²) in [6.07, 6.45) is 0. The third-order valence-electron chi connectivity index (χ3n) is 1.36. The van der Waals surface area contributed by atoms with Gasteiger partial charge in [-0.15, -0.1) is 0 Å². The van der Waals surface area contributed by atoms with Crippen molar-refractivity contribution in [2.75, 3.05) is 0 Å². The van der Waals surface area contributed by atoms with Crippen molar-refractivity contribution in [1.82, 2.24) is 9.97 Å². The lowest BCUT2D eigenvalue weighted by Crippen LogP contribution is -1.90. The van der Waals surface area contributed by atoms with E-state index in [0.29, 0.717) is 5.92 Å². The monoisotopic (exact) mass is 124 g/mol. The van der Waals surface area contributed by atoms with E-state index in [1.54, 1.807) is 0 Å². The van der Waals surface area contributed by atoms with Gasteiger partial charge in [0.25, 0.3) is 11.8 Å². The third-order valence-corrected chi connectivity index (χ3v) is 1.36. The van der Waals surface area contributed by atoms with Crippen LogP contribution in [0.2, 0.25) is 0 Å². The van der Waals surface area contributed by atoms with Gasteiger partial charge in [0.2, 0.25) is 0 Å². The molecule has 1 aliphatic heterocycles. The van der Waals surface area contributed by atoms with E-state index in [0.717, 1.165) is 17.6 Å². The van der Waals surface area contributed by atoms with E-state index < -0.39 is 0 Å². The highest BCUT2D eigenvalue weighted by Gasteiger charge is 2.27. The van der Waals surface area contributed by atoms with Crippen molar-refractivity contribution >= 4 is 0 Å². The maximum Gasteiger partial charge on any atom is 0.285 e. The zero-order chi connectivity index (χ0) is 6.43. The van der Waals surface area contributed by atoms with Gasteiger partial charge in [-0.3, -0.25) is 0 Å². The van der Waals surface area contributed by atoms with E-state index in [4.69, 9.17) is 4.74 Å². The molecular formula is C6H8N2O. The number of nitrogens with zero attached hydrogens (tertiary/aromatic N) is 1. The van der Waals surface area contributed by atoms with E-state index in [1.165, 1.54) is 0 Å². The summed E-state index contributed by atoms with van der Waals surface area (Å²) in [5.74, 6) is 3.12. The second kappa shape index (κ2) is 1.29. The molecule has 3 nitrogen and oxygen atoms in total. The van der Waals surface area contributed by atoms with Gasteiger partial charge in [0.05, 0.1) is 0 Å². The van der Waals surface area contributed by atoms with Crippen molar-refractivity contribution in [1.29, 1.82) is 0 Å². The highest BCUT2D eigenvalue weighted by Crippen LogP contribution is 2.42. The Bertz CT molecular complexity index is 220. The van der Waals surface area contributed by atoms with E-state index in [2.05, 4.69) is 23.8 Å². The number of aromatic amines is 1. The zero-order valence-electron chi connectivity index (χ0n) is 5.43. The second-order valence-corrected chi connectivity index (χ2v) is 2.51. The molecule has 1 N–H and O–H groups in total. The molecule has 0 bridgehead atoms. The van der Waals surface area contributed by atoms with Gasteiger partial charge in [0.15, 0.2) is 0 Å². The van der Waals surface area contributed by atoms with Gasteiger partial charge < -0.3 is 9.72 Å². The Morgan fingerprint density at radius 1 is 1.56 bits per heavy atom. The van der Waals surface area contributed by atoms with E-state index >= 15 is 0 Å². The molecule has 0 spiro atoms. The smallest absolute Gasteiger partial charge is 0.285 e. The van der Waals surface area contributed by atoms with Gasteiger partial charge in [-0.25, -0.2) is 0 Å². The first-order valence-corrected chi connectivity index (χ1v) is 3.05. The predicted molar refractivity (Wildman–Crippen MR) is 32.8 cm³/mol. The van der Waals surface area contributed by atoms with Crippen LogP contribution in [0.15, 0.2) is 0 Å². The van der Waals surface area contributed by atoms with Crippen LogP contribution in [0.25, 0.3) is 0 Å². The number of nitrogens with one attached hydrogen (secondary N) is 1. The van der Waals surface area contributed by atoms with Gasteiger partial charge in [-0.1, -0.05) is 13.8 Å². The predicted octanol–water partition coefficient (Wildman–Crippen LogP) is 1.64. The lowest BCUT2D eigenvalue weighted by atomic mass is 10.2. The third kappa shape index (κ3) is 0.608. The van der Waals surface area contributed by atoms with Gasteiger partial charge >= 0.3 is 0 Å². The van der Waals surface area contributed by atoms with Gasteiger partial charge in [0.1, 0.15) is 5.82 Å². The molecule has 0 saturated carbocycles. The molecule has 0 amide bonds. The normalized spacial score (nSPS) is 13.2. The molecular weight excluding hydrogens is 116 g/mol. The van der Waals surface area contributed by atoms with Crippen molar-refractivity contribution in [3.05, 3.63) is 5.82 Å². The minimum Gasteiger partial charge on any atom is -0.412 e. The van der Waals surface area contributed by atoms with E-state index in [9.17, 15) is 0 Å². The first-order chi connectivity index (χ1) is 4.27. The van der Waals surface area contributed by atoms with Gasteiger partial charge in [0, 0.05) is 5.92 Å². The highest BCUT2D eigenvalue weighted by atomic mass is 16.6. The van der Waals surface area contributed by atoms with Crippen LogP contribution >= 0.6 is 0 Å². The molecule has 9 heavy (non-hydrogen) atoms. The van der Waals surface area contributed by atoms with Crippen LogP contribution in [-0.4, -0.2) is 9.97 Å². The van der Waals surface area contributed by atoms with E-state index in [1.807, 2.05) is 0 Å². The number of H-pyrrole nitrogens is 1. The largest absolute Gasteiger partial charge is 0.412 e. The number of fused-ring (bicyclic) bond motifs is 1. The number of imidazole rings is 1.